The van der Waals surface area contributed by atoms with Crippen LogP contribution in [0.1, 0.15) is 25.0 Å². The van der Waals surface area contributed by atoms with E-state index < -0.39 is 0 Å². The third kappa shape index (κ3) is 3.60. The Bertz CT molecular complexity index is 342. The van der Waals surface area contributed by atoms with Crippen molar-refractivity contribution in [2.24, 2.45) is 5.92 Å². The zero-order chi connectivity index (χ0) is 12.1. The van der Waals surface area contributed by atoms with Gasteiger partial charge in [-0.1, -0.05) is 15.9 Å². The Hall–Kier alpha value is -0.770. The lowest BCUT2D eigenvalue weighted by Gasteiger charge is -2.31. The summed E-state index contributed by atoms with van der Waals surface area (Å²) in [5.41, 5.74) is 0. The number of amides is 1. The van der Waals surface area contributed by atoms with Crippen LogP contribution in [0.4, 0.5) is 0 Å². The van der Waals surface area contributed by atoms with Gasteiger partial charge in [0.25, 0.3) is 0 Å². The smallest absolute Gasteiger partial charge is 0.223 e. The molecule has 0 bridgehead atoms. The molecule has 0 unspecified atom stereocenters. The molecule has 2 heterocycles. The minimum absolute atomic E-state index is 0.259. The average molecular weight is 300 g/mol. The van der Waals surface area contributed by atoms with Gasteiger partial charge in [-0.25, -0.2) is 0 Å². The first-order valence-electron chi connectivity index (χ1n) is 6.15. The van der Waals surface area contributed by atoms with Crippen molar-refractivity contribution < 1.29 is 9.21 Å². The van der Waals surface area contributed by atoms with Crippen molar-refractivity contribution in [3.63, 3.8) is 0 Å². The van der Waals surface area contributed by atoms with E-state index in [1.807, 2.05) is 17.0 Å². The van der Waals surface area contributed by atoms with Crippen molar-refractivity contribution in [2.45, 2.75) is 25.7 Å². The van der Waals surface area contributed by atoms with Crippen LogP contribution in [-0.4, -0.2) is 29.2 Å². The van der Waals surface area contributed by atoms with Gasteiger partial charge in [-0.15, -0.1) is 0 Å². The molecule has 1 aromatic heterocycles. The van der Waals surface area contributed by atoms with E-state index in [9.17, 15) is 4.79 Å². The van der Waals surface area contributed by atoms with Gasteiger partial charge in [0.15, 0.2) is 0 Å². The van der Waals surface area contributed by atoms with Gasteiger partial charge in [-0.2, -0.15) is 0 Å². The van der Waals surface area contributed by atoms with E-state index in [0.29, 0.717) is 12.8 Å². The second-order valence-electron chi connectivity index (χ2n) is 4.56. The number of furan rings is 1. The van der Waals surface area contributed by atoms with E-state index in [4.69, 9.17) is 4.42 Å². The number of alkyl halides is 1. The third-order valence-corrected chi connectivity index (χ3v) is 4.27. The summed E-state index contributed by atoms with van der Waals surface area (Å²) in [6.07, 6.45) is 5.17. The van der Waals surface area contributed by atoms with Crippen LogP contribution in [-0.2, 0) is 11.2 Å². The molecule has 1 aliphatic heterocycles. The second-order valence-corrected chi connectivity index (χ2v) is 5.21. The first-order chi connectivity index (χ1) is 8.29. The molecular formula is C13H18BrNO2. The summed E-state index contributed by atoms with van der Waals surface area (Å²) < 4.78 is 5.23. The van der Waals surface area contributed by atoms with Crippen LogP contribution in [0, 0.1) is 5.92 Å². The van der Waals surface area contributed by atoms with Crippen LogP contribution >= 0.6 is 15.9 Å². The van der Waals surface area contributed by atoms with Crippen molar-refractivity contribution in [3.8, 4) is 0 Å². The quantitative estimate of drug-likeness (QED) is 0.801. The average Bonchev–Trinajstić information content (AvgIpc) is 2.89. The highest BCUT2D eigenvalue weighted by Gasteiger charge is 2.21. The summed E-state index contributed by atoms with van der Waals surface area (Å²) in [6.45, 7) is 1.82. The van der Waals surface area contributed by atoms with Crippen LogP contribution in [0.5, 0.6) is 0 Å². The first-order valence-corrected chi connectivity index (χ1v) is 7.28. The fraction of sp³-hybridized carbons (Fsp3) is 0.615. The number of rotatable bonds is 4. The Labute approximate surface area is 110 Å². The van der Waals surface area contributed by atoms with E-state index in [2.05, 4.69) is 15.9 Å². The summed E-state index contributed by atoms with van der Waals surface area (Å²) in [7, 11) is 0. The summed E-state index contributed by atoms with van der Waals surface area (Å²) in [4.78, 5) is 13.9. The Balaban J connectivity index is 1.73. The van der Waals surface area contributed by atoms with Crippen molar-refractivity contribution in [1.29, 1.82) is 0 Å². The lowest BCUT2D eigenvalue weighted by molar-refractivity contribution is -0.132. The predicted octanol–water partition coefficient (Wildman–Crippen LogP) is 2.85. The summed E-state index contributed by atoms with van der Waals surface area (Å²) in [6, 6.07) is 3.78. The maximum atomic E-state index is 12.0. The molecule has 0 saturated carbocycles. The number of hydrogen-bond donors (Lipinski definition) is 0. The number of likely N-dealkylation sites (tertiary alicyclic amines) is 1. The maximum absolute atomic E-state index is 12.0. The van der Waals surface area contributed by atoms with Gasteiger partial charge in [-0.05, 0) is 30.9 Å². The van der Waals surface area contributed by atoms with Gasteiger partial charge < -0.3 is 9.32 Å². The van der Waals surface area contributed by atoms with Crippen LogP contribution in [0.3, 0.4) is 0 Å². The van der Waals surface area contributed by atoms with E-state index in [1.54, 1.807) is 6.26 Å². The van der Waals surface area contributed by atoms with Crippen LogP contribution in [0.15, 0.2) is 22.8 Å². The van der Waals surface area contributed by atoms with E-state index in [-0.39, 0.29) is 5.91 Å². The Morgan fingerprint density at radius 2 is 2.24 bits per heavy atom. The van der Waals surface area contributed by atoms with Crippen LogP contribution in [0.25, 0.3) is 0 Å². The SMILES string of the molecule is O=C(CCc1ccco1)N1CCC(CBr)CC1. The molecule has 1 aliphatic rings. The lowest BCUT2D eigenvalue weighted by atomic mass is 9.99. The fourth-order valence-corrected chi connectivity index (χ4v) is 2.83. The number of carbonyl (C=O) groups is 1. The molecule has 0 radical (unpaired) electrons. The largest absolute Gasteiger partial charge is 0.469 e. The lowest BCUT2D eigenvalue weighted by Crippen LogP contribution is -2.38. The topological polar surface area (TPSA) is 33.5 Å². The third-order valence-electron chi connectivity index (χ3n) is 3.35. The molecule has 1 amide bonds. The predicted molar refractivity (Wildman–Crippen MR) is 70.1 cm³/mol. The number of hydrogen-bond acceptors (Lipinski definition) is 2. The standard InChI is InChI=1S/C13H18BrNO2/c14-10-11-5-7-15(8-6-11)13(16)4-3-12-2-1-9-17-12/h1-2,9,11H,3-8,10H2. The molecule has 0 aliphatic carbocycles. The van der Waals surface area contributed by atoms with Crippen molar-refractivity contribution >= 4 is 21.8 Å². The van der Waals surface area contributed by atoms with Gasteiger partial charge in [0, 0.05) is 31.3 Å². The zero-order valence-corrected chi connectivity index (χ0v) is 11.5. The molecule has 1 aromatic rings. The second kappa shape index (κ2) is 6.24. The molecule has 0 N–H and O–H groups in total. The van der Waals surface area contributed by atoms with E-state index in [0.717, 1.165) is 42.9 Å². The first kappa shape index (κ1) is 12.7. The molecule has 0 aromatic carbocycles. The summed E-state index contributed by atoms with van der Waals surface area (Å²) in [5.74, 6) is 1.90. The van der Waals surface area contributed by atoms with Gasteiger partial charge in [0.1, 0.15) is 5.76 Å². The van der Waals surface area contributed by atoms with E-state index >= 15 is 0 Å². The zero-order valence-electron chi connectivity index (χ0n) is 9.90. The van der Waals surface area contributed by atoms with Crippen LogP contribution < -0.4 is 0 Å². The van der Waals surface area contributed by atoms with Crippen molar-refractivity contribution in [1.82, 2.24) is 4.90 Å². The highest BCUT2D eigenvalue weighted by molar-refractivity contribution is 9.09. The molecule has 1 saturated heterocycles. The molecule has 0 spiro atoms. The Kier molecular flexibility index (Phi) is 4.66. The highest BCUT2D eigenvalue weighted by Crippen LogP contribution is 2.19. The Morgan fingerprint density at radius 1 is 1.47 bits per heavy atom. The van der Waals surface area contributed by atoms with Crippen LogP contribution in [0.2, 0.25) is 0 Å². The highest BCUT2D eigenvalue weighted by atomic mass is 79.9. The fourth-order valence-electron chi connectivity index (χ4n) is 2.18. The number of halogens is 1. The molecule has 17 heavy (non-hydrogen) atoms. The van der Waals surface area contributed by atoms with E-state index in [1.165, 1.54) is 0 Å². The molecule has 0 atom stereocenters. The summed E-state index contributed by atoms with van der Waals surface area (Å²) >= 11 is 3.51. The van der Waals surface area contributed by atoms with Crippen molar-refractivity contribution in [3.05, 3.63) is 24.2 Å². The number of carbonyl (C=O) groups excluding carboxylic acids is 1. The number of nitrogens with zero attached hydrogens (tertiary/aromatic N) is 1. The van der Waals surface area contributed by atoms with Gasteiger partial charge in [0.05, 0.1) is 6.26 Å². The molecule has 1 fully saturated rings. The van der Waals surface area contributed by atoms with Gasteiger partial charge in [-0.3, -0.25) is 4.79 Å². The number of aryl methyl sites for hydroxylation is 1. The van der Waals surface area contributed by atoms with Gasteiger partial charge >= 0.3 is 0 Å². The Morgan fingerprint density at radius 3 is 2.82 bits per heavy atom. The molecule has 3 nitrogen and oxygen atoms in total. The molecule has 4 heteroatoms. The molecular weight excluding hydrogens is 282 g/mol. The number of piperidine rings is 1. The van der Waals surface area contributed by atoms with Gasteiger partial charge in [0.2, 0.25) is 5.91 Å². The van der Waals surface area contributed by atoms with Crippen molar-refractivity contribution in [2.75, 3.05) is 18.4 Å². The normalized spacial score (nSPS) is 17.4. The monoisotopic (exact) mass is 299 g/mol. The minimum Gasteiger partial charge on any atom is -0.469 e. The molecule has 2 rings (SSSR count). The summed E-state index contributed by atoms with van der Waals surface area (Å²) in [5, 5.41) is 1.06. The maximum Gasteiger partial charge on any atom is 0.223 e. The molecule has 94 valence electrons. The minimum atomic E-state index is 0.259.